The quantitative estimate of drug-likeness (QED) is 0.311. The van der Waals surface area contributed by atoms with Crippen LogP contribution in [-0.2, 0) is 14.3 Å². The first-order valence-corrected chi connectivity index (χ1v) is 12.8. The van der Waals surface area contributed by atoms with Crippen LogP contribution < -0.4 is 0 Å². The van der Waals surface area contributed by atoms with E-state index < -0.39 is 34.2 Å². The Morgan fingerprint density at radius 1 is 1.17 bits per heavy atom. The largest absolute Gasteiger partial charge is 0.481 e. The molecule has 36 heavy (non-hydrogen) atoms. The molecule has 0 amide bonds. The molecule has 1 aromatic heterocycles. The molecule has 5 rings (SSSR count). The van der Waals surface area contributed by atoms with Crippen LogP contribution in [-0.4, -0.2) is 46.0 Å². The second-order valence-corrected chi connectivity index (χ2v) is 11.6. The molecular weight excluding hydrogens is 462 g/mol. The van der Waals surface area contributed by atoms with Crippen LogP contribution in [0.15, 0.2) is 29.8 Å². The molecule has 3 fully saturated rings. The van der Waals surface area contributed by atoms with E-state index in [2.05, 4.69) is 18.0 Å². The van der Waals surface area contributed by atoms with Crippen LogP contribution in [0, 0.1) is 45.8 Å². The standard InChI is InChI=1S/C28H33NO7/c1-15(2)20-11-17-12-27(14-30)19-8-7-16(3)18(19)13-26(17,28(20,27)25(34)35)9-10-36-24(33)22-6-4-5-21(29-22)23(31)32/h4-6,11,14-19H,7-10,12-13H2,1-3H3,(H,31,32)(H,34,35)/t16-,17?,18?,19?,26?,27?,28?/m1/s1. The van der Waals surface area contributed by atoms with Crippen molar-refractivity contribution in [1.29, 1.82) is 0 Å². The van der Waals surface area contributed by atoms with Crippen LogP contribution in [0.25, 0.3) is 0 Å². The van der Waals surface area contributed by atoms with E-state index in [1.807, 2.05) is 13.8 Å². The minimum absolute atomic E-state index is 0.0222. The number of hydrogen-bond acceptors (Lipinski definition) is 6. The van der Waals surface area contributed by atoms with Crippen molar-refractivity contribution in [3.8, 4) is 0 Å². The van der Waals surface area contributed by atoms with E-state index in [0.29, 0.717) is 25.2 Å². The third-order valence-corrected chi connectivity index (χ3v) is 10.1. The summed E-state index contributed by atoms with van der Waals surface area (Å²) in [5, 5.41) is 20.1. The Balaban J connectivity index is 1.50. The fraction of sp³-hybridized carbons (Fsp3) is 0.607. The lowest BCUT2D eigenvalue weighted by atomic mass is 9.42. The molecule has 0 radical (unpaired) electrons. The number of aromatic carboxylic acids is 1. The van der Waals surface area contributed by atoms with Crippen molar-refractivity contribution in [2.24, 2.45) is 45.8 Å². The summed E-state index contributed by atoms with van der Waals surface area (Å²) in [5.41, 5.74) is -2.48. The van der Waals surface area contributed by atoms with E-state index in [1.54, 1.807) is 0 Å². The van der Waals surface area contributed by atoms with Gasteiger partial charge in [-0.25, -0.2) is 14.6 Å². The van der Waals surface area contributed by atoms with Gasteiger partial charge in [-0.3, -0.25) is 4.79 Å². The van der Waals surface area contributed by atoms with Gasteiger partial charge in [0, 0.05) is 5.41 Å². The summed E-state index contributed by atoms with van der Waals surface area (Å²) in [4.78, 5) is 54.2. The summed E-state index contributed by atoms with van der Waals surface area (Å²) < 4.78 is 5.56. The number of carboxylic acids is 2. The van der Waals surface area contributed by atoms with Crippen LogP contribution in [0.4, 0.5) is 0 Å². The maximum absolute atomic E-state index is 13.4. The fourth-order valence-corrected chi connectivity index (χ4v) is 8.90. The first-order chi connectivity index (χ1) is 17.1. The summed E-state index contributed by atoms with van der Waals surface area (Å²) in [6, 6.07) is 4.12. The zero-order valence-electron chi connectivity index (χ0n) is 20.9. The van der Waals surface area contributed by atoms with Gasteiger partial charge in [-0.05, 0) is 67.4 Å². The van der Waals surface area contributed by atoms with E-state index in [0.717, 1.165) is 24.7 Å². The van der Waals surface area contributed by atoms with E-state index in [4.69, 9.17) is 9.84 Å². The number of carbonyl (C=O) groups excluding carboxylic acids is 2. The summed E-state index contributed by atoms with van der Waals surface area (Å²) in [6.45, 7) is 6.17. The number of pyridine rings is 1. The van der Waals surface area contributed by atoms with Crippen molar-refractivity contribution in [1.82, 2.24) is 4.98 Å². The van der Waals surface area contributed by atoms with Gasteiger partial charge in [-0.1, -0.05) is 44.9 Å². The maximum Gasteiger partial charge on any atom is 0.356 e. The smallest absolute Gasteiger partial charge is 0.356 e. The number of fused-ring (bicyclic) bond motifs is 2. The summed E-state index contributed by atoms with van der Waals surface area (Å²) in [5.74, 6) is -2.29. The number of carboxylic acid groups (broad SMARTS) is 2. The van der Waals surface area contributed by atoms with Crippen LogP contribution in [0.2, 0.25) is 0 Å². The van der Waals surface area contributed by atoms with Crippen molar-refractivity contribution in [3.63, 3.8) is 0 Å². The average Bonchev–Trinajstić information content (AvgIpc) is 3.41. The van der Waals surface area contributed by atoms with Crippen LogP contribution in [0.3, 0.4) is 0 Å². The van der Waals surface area contributed by atoms with Crippen LogP contribution >= 0.6 is 0 Å². The molecule has 0 aliphatic heterocycles. The number of esters is 1. The highest BCUT2D eigenvalue weighted by Crippen LogP contribution is 2.83. The number of nitrogens with zero attached hydrogens (tertiary/aromatic N) is 1. The number of aromatic nitrogens is 1. The third kappa shape index (κ3) is 2.90. The SMILES string of the molecule is CC(C)C1=CC2CC3(C=O)C4CC[C@@H](C)C4CC2(CCOC(=O)c2cccc(C(=O)O)n2)C13C(=O)O. The number of carbonyl (C=O) groups is 4. The highest BCUT2D eigenvalue weighted by atomic mass is 16.5. The van der Waals surface area contributed by atoms with E-state index >= 15 is 0 Å². The van der Waals surface area contributed by atoms with E-state index in [9.17, 15) is 24.3 Å². The lowest BCUT2D eigenvalue weighted by Gasteiger charge is -2.58. The second-order valence-electron chi connectivity index (χ2n) is 11.6. The first-order valence-electron chi connectivity index (χ1n) is 12.8. The van der Waals surface area contributed by atoms with Gasteiger partial charge in [-0.2, -0.15) is 0 Å². The van der Waals surface area contributed by atoms with E-state index in [-0.39, 0.29) is 41.7 Å². The normalized spacial score (nSPS) is 37.9. The molecule has 7 atom stereocenters. The summed E-state index contributed by atoms with van der Waals surface area (Å²) in [7, 11) is 0. The Morgan fingerprint density at radius 3 is 2.53 bits per heavy atom. The Labute approximate surface area is 210 Å². The van der Waals surface area contributed by atoms with Gasteiger partial charge in [0.2, 0.25) is 0 Å². The molecule has 4 aliphatic rings. The minimum Gasteiger partial charge on any atom is -0.481 e. The molecule has 3 saturated carbocycles. The summed E-state index contributed by atoms with van der Waals surface area (Å²) in [6.07, 6.45) is 6.51. The van der Waals surface area contributed by atoms with Crippen LogP contribution in [0.5, 0.6) is 0 Å². The van der Waals surface area contributed by atoms with E-state index in [1.165, 1.54) is 18.2 Å². The van der Waals surface area contributed by atoms with Crippen molar-refractivity contribution in [2.45, 2.75) is 52.9 Å². The maximum atomic E-state index is 13.4. The van der Waals surface area contributed by atoms with Crippen molar-refractivity contribution in [2.75, 3.05) is 6.61 Å². The number of aliphatic carboxylic acids is 1. The number of aldehydes is 1. The second kappa shape index (κ2) is 8.25. The zero-order chi connectivity index (χ0) is 26.0. The molecule has 192 valence electrons. The Morgan fingerprint density at radius 2 is 1.89 bits per heavy atom. The molecular formula is C28H33NO7. The lowest BCUT2D eigenvalue weighted by Crippen LogP contribution is -2.62. The predicted molar refractivity (Wildman–Crippen MR) is 128 cm³/mol. The number of allylic oxidation sites excluding steroid dienone is 1. The third-order valence-electron chi connectivity index (χ3n) is 10.1. The molecule has 0 aromatic carbocycles. The van der Waals surface area contributed by atoms with Gasteiger partial charge < -0.3 is 19.7 Å². The molecule has 2 N–H and O–H groups in total. The number of rotatable bonds is 8. The topological polar surface area (TPSA) is 131 Å². The molecule has 8 nitrogen and oxygen atoms in total. The monoisotopic (exact) mass is 495 g/mol. The first kappa shape index (κ1) is 24.7. The molecule has 4 aliphatic carbocycles. The highest BCUT2D eigenvalue weighted by molar-refractivity contribution is 5.91. The molecule has 1 aromatic rings. The number of ether oxygens (including phenoxy) is 1. The van der Waals surface area contributed by atoms with Gasteiger partial charge in [-0.15, -0.1) is 0 Å². The van der Waals surface area contributed by atoms with Crippen molar-refractivity contribution in [3.05, 3.63) is 41.2 Å². The van der Waals surface area contributed by atoms with Crippen LogP contribution in [0.1, 0.15) is 73.9 Å². The lowest BCUT2D eigenvalue weighted by molar-refractivity contribution is -0.181. The zero-order valence-corrected chi connectivity index (χ0v) is 20.9. The van der Waals surface area contributed by atoms with Gasteiger partial charge in [0.05, 0.1) is 12.0 Å². The van der Waals surface area contributed by atoms with Gasteiger partial charge in [0.1, 0.15) is 23.1 Å². The predicted octanol–water partition coefficient (Wildman–Crippen LogP) is 4.25. The molecule has 1 heterocycles. The molecule has 0 spiro atoms. The number of hydrogen-bond donors (Lipinski definition) is 2. The minimum atomic E-state index is -1.31. The molecule has 4 bridgehead atoms. The Bertz CT molecular complexity index is 1170. The van der Waals surface area contributed by atoms with Gasteiger partial charge >= 0.3 is 17.9 Å². The molecule has 0 saturated heterocycles. The average molecular weight is 496 g/mol. The molecule has 8 heteroatoms. The molecule has 6 unspecified atom stereocenters. The Hall–Kier alpha value is -3.03. The Kier molecular flexibility index (Phi) is 5.65. The fourth-order valence-electron chi connectivity index (χ4n) is 8.90. The van der Waals surface area contributed by atoms with Gasteiger partial charge in [0.15, 0.2) is 0 Å². The van der Waals surface area contributed by atoms with Gasteiger partial charge in [0.25, 0.3) is 0 Å². The van der Waals surface area contributed by atoms with Crippen molar-refractivity contribution >= 4 is 24.2 Å². The summed E-state index contributed by atoms with van der Waals surface area (Å²) >= 11 is 0. The van der Waals surface area contributed by atoms with Crippen molar-refractivity contribution < 1.29 is 34.1 Å². The highest BCUT2D eigenvalue weighted by Gasteiger charge is 2.83.